The topological polar surface area (TPSA) is 72.2 Å². The summed E-state index contributed by atoms with van der Waals surface area (Å²) in [5.41, 5.74) is 7.98. The minimum Gasteiger partial charge on any atom is -0.398 e. The first-order valence-corrected chi connectivity index (χ1v) is 7.81. The molecule has 0 spiro atoms. The molecule has 0 aliphatic rings. The van der Waals surface area contributed by atoms with Gasteiger partial charge in [0.1, 0.15) is 0 Å². The van der Waals surface area contributed by atoms with Gasteiger partial charge in [-0.15, -0.1) is 0 Å². The number of halogens is 1. The van der Waals surface area contributed by atoms with Gasteiger partial charge in [0.2, 0.25) is 0 Å². The van der Waals surface area contributed by atoms with Crippen molar-refractivity contribution in [1.29, 1.82) is 0 Å². The Morgan fingerprint density at radius 1 is 1.15 bits per heavy atom. The molecular weight excluding hydrogens is 296 g/mol. The second-order valence-electron chi connectivity index (χ2n) is 4.54. The quantitative estimate of drug-likeness (QED) is 0.854. The smallest absolute Gasteiger partial charge is 0.262 e. The molecule has 0 radical (unpaired) electrons. The van der Waals surface area contributed by atoms with E-state index in [0.717, 1.165) is 5.56 Å². The Balaban J connectivity index is 2.44. The summed E-state index contributed by atoms with van der Waals surface area (Å²) < 4.78 is 27.4. The van der Waals surface area contributed by atoms with Crippen LogP contribution in [-0.2, 0) is 10.0 Å². The van der Waals surface area contributed by atoms with Gasteiger partial charge in [-0.05, 0) is 55.3 Å². The van der Waals surface area contributed by atoms with Gasteiger partial charge in [-0.1, -0.05) is 17.7 Å². The van der Waals surface area contributed by atoms with Crippen LogP contribution in [0.25, 0.3) is 0 Å². The fraction of sp³-hybridized carbons (Fsp3) is 0.143. The number of anilines is 2. The molecule has 0 aromatic heterocycles. The second-order valence-corrected chi connectivity index (χ2v) is 6.62. The highest BCUT2D eigenvalue weighted by Gasteiger charge is 2.18. The molecule has 0 atom stereocenters. The maximum atomic E-state index is 12.4. The molecule has 0 heterocycles. The number of nitrogens with two attached hydrogens (primary N) is 1. The van der Waals surface area contributed by atoms with E-state index in [2.05, 4.69) is 4.72 Å². The van der Waals surface area contributed by atoms with Gasteiger partial charge in [0.25, 0.3) is 10.0 Å². The molecule has 0 fully saturated rings. The van der Waals surface area contributed by atoms with Gasteiger partial charge in [-0.3, -0.25) is 4.72 Å². The zero-order chi connectivity index (χ0) is 14.9. The molecular formula is C14H15ClN2O2S. The number of nitrogens with one attached hydrogen (secondary N) is 1. The van der Waals surface area contributed by atoms with E-state index < -0.39 is 10.0 Å². The maximum Gasteiger partial charge on any atom is 0.262 e. The van der Waals surface area contributed by atoms with Crippen LogP contribution in [-0.4, -0.2) is 8.42 Å². The van der Waals surface area contributed by atoms with Crippen LogP contribution in [0.5, 0.6) is 0 Å². The molecule has 2 aromatic rings. The number of hydrogen-bond donors (Lipinski definition) is 2. The fourth-order valence-corrected chi connectivity index (χ4v) is 3.50. The van der Waals surface area contributed by atoms with E-state index >= 15 is 0 Å². The summed E-state index contributed by atoms with van der Waals surface area (Å²) in [6.07, 6.45) is 0. The van der Waals surface area contributed by atoms with Gasteiger partial charge in [-0.25, -0.2) is 8.42 Å². The van der Waals surface area contributed by atoms with Crippen molar-refractivity contribution in [2.45, 2.75) is 18.7 Å². The van der Waals surface area contributed by atoms with Crippen molar-refractivity contribution in [3.63, 3.8) is 0 Å². The standard InChI is InChI=1S/C14H15ClN2O2S/c1-9-8-11(15)6-7-13(9)17-20(18,19)14-5-3-4-12(16)10(14)2/h3-8,17H,16H2,1-2H3. The predicted molar refractivity (Wildman–Crippen MR) is 82.6 cm³/mol. The zero-order valence-electron chi connectivity index (χ0n) is 11.1. The van der Waals surface area contributed by atoms with E-state index in [1.165, 1.54) is 6.07 Å². The second kappa shape index (κ2) is 5.34. The van der Waals surface area contributed by atoms with Crippen molar-refractivity contribution in [3.05, 3.63) is 52.5 Å². The van der Waals surface area contributed by atoms with Crippen LogP contribution < -0.4 is 10.5 Å². The van der Waals surface area contributed by atoms with Gasteiger partial charge in [0.05, 0.1) is 10.6 Å². The number of aryl methyl sites for hydroxylation is 1. The van der Waals surface area contributed by atoms with Crippen molar-refractivity contribution in [1.82, 2.24) is 0 Å². The van der Waals surface area contributed by atoms with Crippen LogP contribution in [0.3, 0.4) is 0 Å². The Morgan fingerprint density at radius 3 is 2.50 bits per heavy atom. The summed E-state index contributed by atoms with van der Waals surface area (Å²) in [7, 11) is -3.67. The molecule has 0 aliphatic heterocycles. The number of nitrogen functional groups attached to an aromatic ring is 1. The van der Waals surface area contributed by atoms with Gasteiger partial charge in [0, 0.05) is 10.7 Å². The molecule has 0 saturated heterocycles. The molecule has 20 heavy (non-hydrogen) atoms. The van der Waals surface area contributed by atoms with E-state index in [9.17, 15) is 8.42 Å². The zero-order valence-corrected chi connectivity index (χ0v) is 12.7. The van der Waals surface area contributed by atoms with Crippen molar-refractivity contribution >= 4 is 33.0 Å². The third kappa shape index (κ3) is 2.89. The summed E-state index contributed by atoms with van der Waals surface area (Å²) in [5.74, 6) is 0. The summed E-state index contributed by atoms with van der Waals surface area (Å²) in [4.78, 5) is 0.173. The molecule has 2 rings (SSSR count). The summed E-state index contributed by atoms with van der Waals surface area (Å²) >= 11 is 5.86. The molecule has 0 bridgehead atoms. The number of benzene rings is 2. The number of rotatable bonds is 3. The molecule has 0 saturated carbocycles. The summed E-state index contributed by atoms with van der Waals surface area (Å²) in [5, 5.41) is 0.561. The van der Waals surface area contributed by atoms with Gasteiger partial charge in [-0.2, -0.15) is 0 Å². The molecule has 106 valence electrons. The molecule has 3 N–H and O–H groups in total. The van der Waals surface area contributed by atoms with Gasteiger partial charge < -0.3 is 5.73 Å². The first-order chi connectivity index (χ1) is 9.31. The number of sulfonamides is 1. The molecule has 6 heteroatoms. The molecule has 0 amide bonds. The highest BCUT2D eigenvalue weighted by Crippen LogP contribution is 2.25. The average molecular weight is 311 g/mol. The summed E-state index contributed by atoms with van der Waals surface area (Å²) in [6, 6.07) is 9.79. The lowest BCUT2D eigenvalue weighted by atomic mass is 10.2. The Labute approximate surface area is 123 Å². The first kappa shape index (κ1) is 14.7. The minimum atomic E-state index is -3.67. The van der Waals surface area contributed by atoms with E-state index in [1.54, 1.807) is 44.2 Å². The summed E-state index contributed by atoms with van der Waals surface area (Å²) in [6.45, 7) is 3.47. The Bertz CT molecular complexity index is 758. The van der Waals surface area contributed by atoms with Crippen molar-refractivity contribution in [2.24, 2.45) is 0 Å². The van der Waals surface area contributed by atoms with Crippen LogP contribution >= 0.6 is 11.6 Å². The van der Waals surface area contributed by atoms with Crippen LogP contribution in [0.1, 0.15) is 11.1 Å². The lowest BCUT2D eigenvalue weighted by molar-refractivity contribution is 0.600. The monoisotopic (exact) mass is 310 g/mol. The first-order valence-electron chi connectivity index (χ1n) is 5.95. The normalized spacial score (nSPS) is 11.3. The van der Waals surface area contributed by atoms with Crippen molar-refractivity contribution in [2.75, 3.05) is 10.5 Å². The molecule has 0 aliphatic carbocycles. The van der Waals surface area contributed by atoms with Gasteiger partial charge in [0.15, 0.2) is 0 Å². The van der Waals surface area contributed by atoms with Crippen molar-refractivity contribution in [3.8, 4) is 0 Å². The maximum absolute atomic E-state index is 12.4. The SMILES string of the molecule is Cc1cc(Cl)ccc1NS(=O)(=O)c1cccc(N)c1C. The van der Waals surface area contributed by atoms with Crippen LogP contribution in [0.4, 0.5) is 11.4 Å². The predicted octanol–water partition coefficient (Wildman–Crippen LogP) is 3.34. The largest absolute Gasteiger partial charge is 0.398 e. The average Bonchev–Trinajstić information content (AvgIpc) is 2.36. The molecule has 4 nitrogen and oxygen atoms in total. The van der Waals surface area contributed by atoms with E-state index in [0.29, 0.717) is 22.0 Å². The highest BCUT2D eigenvalue weighted by atomic mass is 35.5. The third-order valence-corrected chi connectivity index (χ3v) is 4.79. The van der Waals surface area contributed by atoms with Crippen molar-refractivity contribution < 1.29 is 8.42 Å². The van der Waals surface area contributed by atoms with Gasteiger partial charge >= 0.3 is 0 Å². The van der Waals surface area contributed by atoms with E-state index in [4.69, 9.17) is 17.3 Å². The Morgan fingerprint density at radius 2 is 1.85 bits per heavy atom. The Hall–Kier alpha value is -1.72. The highest BCUT2D eigenvalue weighted by molar-refractivity contribution is 7.92. The minimum absolute atomic E-state index is 0.173. The van der Waals surface area contributed by atoms with Crippen LogP contribution in [0.2, 0.25) is 5.02 Å². The molecule has 2 aromatic carbocycles. The van der Waals surface area contributed by atoms with E-state index in [-0.39, 0.29) is 4.90 Å². The lowest BCUT2D eigenvalue weighted by Gasteiger charge is -2.13. The Kier molecular flexibility index (Phi) is 3.92. The van der Waals surface area contributed by atoms with E-state index in [1.807, 2.05) is 0 Å². The van der Waals surface area contributed by atoms with Crippen LogP contribution in [0, 0.1) is 13.8 Å². The third-order valence-electron chi connectivity index (χ3n) is 3.05. The van der Waals surface area contributed by atoms with Crippen LogP contribution in [0.15, 0.2) is 41.3 Å². The lowest BCUT2D eigenvalue weighted by Crippen LogP contribution is -2.15. The number of hydrogen-bond acceptors (Lipinski definition) is 3. The molecule has 0 unspecified atom stereocenters. The fourth-order valence-electron chi connectivity index (χ4n) is 1.86.